The second-order valence-electron chi connectivity index (χ2n) is 6.83. The normalized spacial score (nSPS) is 24.8. The first-order chi connectivity index (χ1) is 10.8. The standard InChI is InChI=1S/C18H22N2OS2/c1-5-20-14-7-6-12(9-15-16(21)19-17(22)23-15)8-13(14)11(2)10-18(20,3)4/h6-9,11H,5,10H2,1-4H3,(H,19,21,22)/b15-9+/t11-/m0/s1. The van der Waals surface area contributed by atoms with Crippen LogP contribution in [0.4, 0.5) is 5.69 Å². The number of nitrogens with zero attached hydrogens (tertiary/aromatic N) is 1. The predicted molar refractivity (Wildman–Crippen MR) is 103 cm³/mol. The lowest BCUT2D eigenvalue weighted by atomic mass is 9.79. The molecule has 1 aromatic carbocycles. The number of carbonyl (C=O) groups is 1. The maximum absolute atomic E-state index is 11.8. The highest BCUT2D eigenvalue weighted by Crippen LogP contribution is 2.43. The summed E-state index contributed by atoms with van der Waals surface area (Å²) in [5.74, 6) is 0.411. The Hall–Kier alpha value is -1.33. The van der Waals surface area contributed by atoms with Crippen molar-refractivity contribution in [2.45, 2.75) is 45.6 Å². The molecule has 5 heteroatoms. The Labute approximate surface area is 147 Å². The Morgan fingerprint density at radius 1 is 1.48 bits per heavy atom. The number of nitrogens with one attached hydrogen (secondary N) is 1. The van der Waals surface area contributed by atoms with Gasteiger partial charge in [-0.15, -0.1) is 0 Å². The molecule has 2 aliphatic rings. The lowest BCUT2D eigenvalue weighted by molar-refractivity contribution is -0.115. The first kappa shape index (κ1) is 16.5. The van der Waals surface area contributed by atoms with Gasteiger partial charge in [0.1, 0.15) is 4.32 Å². The molecule has 3 nitrogen and oxygen atoms in total. The van der Waals surface area contributed by atoms with Crippen LogP contribution in [0.1, 0.15) is 51.2 Å². The minimum atomic E-state index is -0.0953. The van der Waals surface area contributed by atoms with Gasteiger partial charge in [0.2, 0.25) is 0 Å². The molecule has 0 aliphatic carbocycles. The number of carbonyl (C=O) groups excluding carboxylic acids is 1. The predicted octanol–water partition coefficient (Wildman–Crippen LogP) is 4.29. The molecule has 0 spiro atoms. The van der Waals surface area contributed by atoms with Crippen molar-refractivity contribution in [3.05, 3.63) is 34.2 Å². The zero-order valence-corrected chi connectivity index (χ0v) is 15.6. The zero-order chi connectivity index (χ0) is 16.8. The van der Waals surface area contributed by atoms with E-state index in [0.717, 1.165) is 18.5 Å². The number of anilines is 1. The molecule has 1 amide bonds. The van der Waals surface area contributed by atoms with Gasteiger partial charge in [-0.2, -0.15) is 0 Å². The SMILES string of the molecule is CCN1c2ccc(/C=C3/SC(=S)NC3=O)cc2[C@@H](C)CC1(C)C. The fourth-order valence-corrected chi connectivity index (χ4v) is 4.81. The second-order valence-corrected chi connectivity index (χ2v) is 8.55. The van der Waals surface area contributed by atoms with E-state index in [9.17, 15) is 4.79 Å². The molecule has 0 bridgehead atoms. The maximum atomic E-state index is 11.8. The lowest BCUT2D eigenvalue weighted by Gasteiger charge is -2.47. The van der Waals surface area contributed by atoms with Gasteiger partial charge < -0.3 is 10.2 Å². The molecule has 2 heterocycles. The van der Waals surface area contributed by atoms with E-state index in [2.05, 4.69) is 56.1 Å². The van der Waals surface area contributed by atoms with Crippen LogP contribution >= 0.6 is 24.0 Å². The van der Waals surface area contributed by atoms with Gasteiger partial charge in [-0.25, -0.2) is 0 Å². The van der Waals surface area contributed by atoms with Gasteiger partial charge in [0.05, 0.1) is 4.91 Å². The number of hydrogen-bond donors (Lipinski definition) is 1. The van der Waals surface area contributed by atoms with Crippen molar-refractivity contribution < 1.29 is 4.79 Å². The summed E-state index contributed by atoms with van der Waals surface area (Å²) in [5.41, 5.74) is 3.92. The molecular weight excluding hydrogens is 324 g/mol. The maximum Gasteiger partial charge on any atom is 0.263 e. The monoisotopic (exact) mass is 346 g/mol. The van der Waals surface area contributed by atoms with E-state index in [4.69, 9.17) is 12.2 Å². The third kappa shape index (κ3) is 3.04. The van der Waals surface area contributed by atoms with Crippen molar-refractivity contribution in [3.63, 3.8) is 0 Å². The summed E-state index contributed by atoms with van der Waals surface area (Å²) in [5, 5.41) is 2.66. The van der Waals surface area contributed by atoms with Gasteiger partial charge in [-0.05, 0) is 62.4 Å². The number of thiocarbonyl (C=S) groups is 1. The lowest BCUT2D eigenvalue weighted by Crippen LogP contribution is -2.48. The van der Waals surface area contributed by atoms with Crippen LogP contribution in [0.15, 0.2) is 23.1 Å². The van der Waals surface area contributed by atoms with E-state index >= 15 is 0 Å². The van der Waals surface area contributed by atoms with Crippen LogP contribution in [-0.2, 0) is 4.79 Å². The molecule has 1 fully saturated rings. The largest absolute Gasteiger partial charge is 0.366 e. The van der Waals surface area contributed by atoms with E-state index in [0.29, 0.717) is 15.1 Å². The molecule has 122 valence electrons. The molecule has 1 aromatic rings. The Bertz CT molecular complexity index is 709. The highest BCUT2D eigenvalue weighted by atomic mass is 32.2. The van der Waals surface area contributed by atoms with Crippen LogP contribution in [0.5, 0.6) is 0 Å². The number of thioether (sulfide) groups is 1. The molecule has 0 aromatic heterocycles. The average molecular weight is 347 g/mol. The Morgan fingerprint density at radius 3 is 2.83 bits per heavy atom. The molecule has 1 saturated heterocycles. The van der Waals surface area contributed by atoms with Crippen LogP contribution in [-0.4, -0.2) is 22.3 Å². The summed E-state index contributed by atoms with van der Waals surface area (Å²) >= 11 is 6.38. The number of hydrogen-bond acceptors (Lipinski definition) is 4. The Kier molecular flexibility index (Phi) is 4.27. The highest BCUT2D eigenvalue weighted by molar-refractivity contribution is 8.26. The molecule has 1 atom stereocenters. The first-order valence-electron chi connectivity index (χ1n) is 7.98. The number of rotatable bonds is 2. The van der Waals surface area contributed by atoms with Crippen LogP contribution in [0.2, 0.25) is 0 Å². The van der Waals surface area contributed by atoms with Crippen molar-refractivity contribution in [2.24, 2.45) is 0 Å². The Balaban J connectivity index is 2.00. The van der Waals surface area contributed by atoms with Crippen LogP contribution in [0.3, 0.4) is 0 Å². The number of fused-ring (bicyclic) bond motifs is 1. The third-order valence-corrected chi connectivity index (χ3v) is 5.83. The summed E-state index contributed by atoms with van der Waals surface area (Å²) in [7, 11) is 0. The topological polar surface area (TPSA) is 32.3 Å². The van der Waals surface area contributed by atoms with E-state index < -0.39 is 0 Å². The first-order valence-corrected chi connectivity index (χ1v) is 9.21. The van der Waals surface area contributed by atoms with Gasteiger partial charge in [-0.1, -0.05) is 37.0 Å². The molecule has 23 heavy (non-hydrogen) atoms. The second kappa shape index (κ2) is 5.95. The number of benzene rings is 1. The summed E-state index contributed by atoms with van der Waals surface area (Å²) in [6, 6.07) is 6.51. The molecule has 1 N–H and O–H groups in total. The Morgan fingerprint density at radius 2 is 2.22 bits per heavy atom. The molecule has 0 radical (unpaired) electrons. The minimum Gasteiger partial charge on any atom is -0.366 e. The molecular formula is C18H22N2OS2. The van der Waals surface area contributed by atoms with Crippen molar-refractivity contribution in [1.29, 1.82) is 0 Å². The molecule has 2 aliphatic heterocycles. The molecule has 0 unspecified atom stereocenters. The van der Waals surface area contributed by atoms with Gasteiger partial charge in [-0.3, -0.25) is 4.79 Å². The fraction of sp³-hybridized carbons (Fsp3) is 0.444. The van der Waals surface area contributed by atoms with Gasteiger partial charge in [0.15, 0.2) is 0 Å². The third-order valence-electron chi connectivity index (χ3n) is 4.67. The van der Waals surface area contributed by atoms with Crippen LogP contribution in [0, 0.1) is 0 Å². The van der Waals surface area contributed by atoms with E-state index in [1.807, 2.05) is 6.08 Å². The summed E-state index contributed by atoms with van der Waals surface area (Å²) in [4.78, 5) is 15.0. The molecule has 3 rings (SSSR count). The summed E-state index contributed by atoms with van der Waals surface area (Å²) in [6.07, 6.45) is 3.07. The van der Waals surface area contributed by atoms with Crippen LogP contribution < -0.4 is 10.2 Å². The number of amides is 1. The van der Waals surface area contributed by atoms with Crippen molar-refractivity contribution in [1.82, 2.24) is 5.32 Å². The van der Waals surface area contributed by atoms with E-state index in [-0.39, 0.29) is 11.4 Å². The van der Waals surface area contributed by atoms with Gasteiger partial charge >= 0.3 is 0 Å². The molecule has 0 saturated carbocycles. The smallest absolute Gasteiger partial charge is 0.263 e. The van der Waals surface area contributed by atoms with Crippen molar-refractivity contribution >= 4 is 46.0 Å². The van der Waals surface area contributed by atoms with Gasteiger partial charge in [0.25, 0.3) is 5.91 Å². The minimum absolute atomic E-state index is 0.0953. The average Bonchev–Trinajstić information content (AvgIpc) is 2.77. The van der Waals surface area contributed by atoms with Crippen molar-refractivity contribution in [3.8, 4) is 0 Å². The fourth-order valence-electron chi connectivity index (χ4n) is 3.77. The highest BCUT2D eigenvalue weighted by Gasteiger charge is 2.35. The zero-order valence-electron chi connectivity index (χ0n) is 14.0. The summed E-state index contributed by atoms with van der Waals surface area (Å²) in [6.45, 7) is 10.1. The quantitative estimate of drug-likeness (QED) is 0.640. The summed E-state index contributed by atoms with van der Waals surface area (Å²) < 4.78 is 0.534. The van der Waals surface area contributed by atoms with Crippen molar-refractivity contribution in [2.75, 3.05) is 11.4 Å². The van der Waals surface area contributed by atoms with E-state index in [1.165, 1.54) is 23.0 Å². The van der Waals surface area contributed by atoms with Crippen LogP contribution in [0.25, 0.3) is 6.08 Å². The van der Waals surface area contributed by atoms with E-state index in [1.54, 1.807) is 0 Å². The van der Waals surface area contributed by atoms with Gasteiger partial charge in [0, 0.05) is 17.8 Å².